The van der Waals surface area contributed by atoms with Gasteiger partial charge < -0.3 is 9.64 Å². The van der Waals surface area contributed by atoms with Crippen molar-refractivity contribution in [1.29, 1.82) is 0 Å². The Morgan fingerprint density at radius 2 is 2.22 bits per heavy atom. The van der Waals surface area contributed by atoms with Gasteiger partial charge in [0.2, 0.25) is 0 Å². The van der Waals surface area contributed by atoms with Gasteiger partial charge in [-0.2, -0.15) is 0 Å². The highest BCUT2D eigenvalue weighted by Gasteiger charge is 2.29. The van der Waals surface area contributed by atoms with Crippen molar-refractivity contribution in [1.82, 2.24) is 4.98 Å². The summed E-state index contributed by atoms with van der Waals surface area (Å²) in [7, 11) is 1.41. The maximum atomic E-state index is 11.6. The summed E-state index contributed by atoms with van der Waals surface area (Å²) in [6.07, 6.45) is 2.43. The molecule has 0 amide bonds. The number of thiazole rings is 1. The Hall–Kier alpha value is -1.10. The minimum atomic E-state index is -0.285. The number of piperidine rings is 1. The van der Waals surface area contributed by atoms with Crippen molar-refractivity contribution in [2.45, 2.75) is 33.6 Å². The molecule has 0 aliphatic carbocycles. The van der Waals surface area contributed by atoms with Gasteiger partial charge in [-0.25, -0.2) is 9.78 Å². The van der Waals surface area contributed by atoms with E-state index in [9.17, 15) is 4.79 Å². The van der Waals surface area contributed by atoms with Gasteiger partial charge >= 0.3 is 5.97 Å². The Balaban J connectivity index is 2.21. The lowest BCUT2D eigenvalue weighted by molar-refractivity contribution is 0.0605. The Morgan fingerprint density at radius 3 is 2.83 bits per heavy atom. The topological polar surface area (TPSA) is 42.4 Å². The third-order valence-corrected chi connectivity index (χ3v) is 4.53. The molecule has 5 heteroatoms. The molecule has 0 atom stereocenters. The first-order chi connectivity index (χ1) is 8.43. The highest BCUT2D eigenvalue weighted by molar-refractivity contribution is 7.17. The molecule has 1 fully saturated rings. The number of nitrogens with zero attached hydrogens (tertiary/aromatic N) is 2. The van der Waals surface area contributed by atoms with E-state index < -0.39 is 0 Å². The molecule has 0 radical (unpaired) electrons. The molecule has 4 nitrogen and oxygen atoms in total. The summed E-state index contributed by atoms with van der Waals surface area (Å²) in [5.74, 6) is -0.285. The van der Waals surface area contributed by atoms with Crippen LogP contribution >= 0.6 is 11.3 Å². The largest absolute Gasteiger partial charge is 0.465 e. The average Bonchev–Trinajstić information content (AvgIpc) is 2.69. The second kappa shape index (κ2) is 4.88. The Bertz CT molecular complexity index is 454. The normalized spacial score (nSPS) is 18.8. The standard InChI is InChI=1S/C13H20N2O2S/c1-9-10(11(16)17-4)18-12(14-9)15-7-5-6-13(2,3)8-15/h5-8H2,1-4H3. The number of hydrogen-bond donors (Lipinski definition) is 0. The van der Waals surface area contributed by atoms with Gasteiger partial charge in [-0.05, 0) is 25.2 Å². The molecule has 0 saturated carbocycles. The molecule has 0 unspecified atom stereocenters. The summed E-state index contributed by atoms with van der Waals surface area (Å²) in [4.78, 5) is 19.0. The fraction of sp³-hybridized carbons (Fsp3) is 0.692. The van der Waals surface area contributed by atoms with Gasteiger partial charge in [0.05, 0.1) is 12.8 Å². The first kappa shape index (κ1) is 13.3. The molecule has 2 heterocycles. The van der Waals surface area contributed by atoms with E-state index in [1.807, 2.05) is 6.92 Å². The minimum absolute atomic E-state index is 0.285. The highest BCUT2D eigenvalue weighted by Crippen LogP contribution is 2.34. The molecule has 1 aromatic heterocycles. The average molecular weight is 268 g/mol. The smallest absolute Gasteiger partial charge is 0.350 e. The van der Waals surface area contributed by atoms with Gasteiger partial charge in [0.25, 0.3) is 0 Å². The number of aryl methyl sites for hydroxylation is 1. The molecule has 0 aromatic carbocycles. The second-order valence-electron chi connectivity index (χ2n) is 5.59. The predicted molar refractivity (Wildman–Crippen MR) is 73.4 cm³/mol. The van der Waals surface area contributed by atoms with Crippen LogP contribution in [0.15, 0.2) is 0 Å². The summed E-state index contributed by atoms with van der Waals surface area (Å²) >= 11 is 1.44. The summed E-state index contributed by atoms with van der Waals surface area (Å²) in [5.41, 5.74) is 1.09. The number of carbonyl (C=O) groups is 1. The van der Waals surface area contributed by atoms with E-state index in [1.54, 1.807) is 0 Å². The number of hydrogen-bond acceptors (Lipinski definition) is 5. The van der Waals surface area contributed by atoms with Crippen molar-refractivity contribution in [3.8, 4) is 0 Å². The van der Waals surface area contributed by atoms with Crippen molar-refractivity contribution in [2.75, 3.05) is 25.1 Å². The third-order valence-electron chi connectivity index (χ3n) is 3.33. The third kappa shape index (κ3) is 2.66. The molecule has 18 heavy (non-hydrogen) atoms. The molecule has 1 aliphatic rings. The zero-order valence-corrected chi connectivity index (χ0v) is 12.3. The number of esters is 1. The van der Waals surface area contributed by atoms with E-state index in [0.29, 0.717) is 10.3 Å². The summed E-state index contributed by atoms with van der Waals surface area (Å²) in [6, 6.07) is 0. The first-order valence-electron chi connectivity index (χ1n) is 6.24. The number of anilines is 1. The van der Waals surface area contributed by atoms with Crippen LogP contribution in [0.2, 0.25) is 0 Å². The molecule has 0 bridgehead atoms. The zero-order valence-electron chi connectivity index (χ0n) is 11.4. The molecule has 2 rings (SSSR count). The van der Waals surface area contributed by atoms with Crippen LogP contribution in [0, 0.1) is 12.3 Å². The Kier molecular flexibility index (Phi) is 3.61. The van der Waals surface area contributed by atoms with Crippen LogP contribution in [0.5, 0.6) is 0 Å². The Labute approximate surface area is 112 Å². The lowest BCUT2D eigenvalue weighted by Gasteiger charge is -2.37. The molecular formula is C13H20N2O2S. The highest BCUT2D eigenvalue weighted by atomic mass is 32.1. The van der Waals surface area contributed by atoms with Gasteiger partial charge in [-0.3, -0.25) is 0 Å². The molecule has 1 aliphatic heterocycles. The molecule has 1 aromatic rings. The van der Waals surface area contributed by atoms with Crippen LogP contribution < -0.4 is 4.90 Å². The summed E-state index contributed by atoms with van der Waals surface area (Å²) in [6.45, 7) is 8.45. The fourth-order valence-electron chi connectivity index (χ4n) is 2.39. The second-order valence-corrected chi connectivity index (χ2v) is 6.57. The lowest BCUT2D eigenvalue weighted by Crippen LogP contribution is -2.40. The van der Waals surface area contributed by atoms with E-state index in [2.05, 4.69) is 23.7 Å². The number of rotatable bonds is 2. The zero-order chi connectivity index (χ0) is 13.3. The van der Waals surface area contributed by atoms with Gasteiger partial charge in [0.1, 0.15) is 4.88 Å². The predicted octanol–water partition coefficient (Wildman–Crippen LogP) is 2.86. The monoisotopic (exact) mass is 268 g/mol. The van der Waals surface area contributed by atoms with Crippen LogP contribution in [-0.4, -0.2) is 31.2 Å². The van der Waals surface area contributed by atoms with Crippen molar-refractivity contribution < 1.29 is 9.53 Å². The summed E-state index contributed by atoms with van der Waals surface area (Å²) < 4.78 is 4.77. The molecule has 1 saturated heterocycles. The Morgan fingerprint density at radius 1 is 1.50 bits per heavy atom. The lowest BCUT2D eigenvalue weighted by atomic mass is 9.84. The van der Waals surface area contributed by atoms with Gasteiger partial charge in [0.15, 0.2) is 5.13 Å². The van der Waals surface area contributed by atoms with Crippen LogP contribution in [0.3, 0.4) is 0 Å². The van der Waals surface area contributed by atoms with E-state index in [1.165, 1.54) is 31.3 Å². The van der Waals surface area contributed by atoms with E-state index in [-0.39, 0.29) is 5.97 Å². The van der Waals surface area contributed by atoms with Crippen molar-refractivity contribution in [3.63, 3.8) is 0 Å². The first-order valence-corrected chi connectivity index (χ1v) is 7.05. The fourth-order valence-corrected chi connectivity index (χ4v) is 3.40. The quantitative estimate of drug-likeness (QED) is 0.774. The van der Waals surface area contributed by atoms with Crippen LogP contribution in [0.25, 0.3) is 0 Å². The van der Waals surface area contributed by atoms with Gasteiger partial charge in [-0.15, -0.1) is 0 Å². The van der Waals surface area contributed by atoms with E-state index in [4.69, 9.17) is 4.74 Å². The van der Waals surface area contributed by atoms with Crippen molar-refractivity contribution in [3.05, 3.63) is 10.6 Å². The van der Waals surface area contributed by atoms with Gasteiger partial charge in [-0.1, -0.05) is 25.2 Å². The minimum Gasteiger partial charge on any atom is -0.465 e. The van der Waals surface area contributed by atoms with Crippen LogP contribution in [0.1, 0.15) is 42.1 Å². The maximum absolute atomic E-state index is 11.6. The molecule has 0 spiro atoms. The number of carbonyl (C=O) groups excluding carboxylic acids is 1. The van der Waals surface area contributed by atoms with E-state index >= 15 is 0 Å². The van der Waals surface area contributed by atoms with Gasteiger partial charge in [0, 0.05) is 13.1 Å². The number of methoxy groups -OCH3 is 1. The number of ether oxygens (including phenoxy) is 1. The SMILES string of the molecule is COC(=O)c1sc(N2CCCC(C)(C)C2)nc1C. The van der Waals surface area contributed by atoms with E-state index in [0.717, 1.165) is 23.9 Å². The van der Waals surface area contributed by atoms with Crippen molar-refractivity contribution >= 4 is 22.4 Å². The van der Waals surface area contributed by atoms with Crippen molar-refractivity contribution in [2.24, 2.45) is 5.41 Å². The molecular weight excluding hydrogens is 248 g/mol. The molecule has 100 valence electrons. The number of aromatic nitrogens is 1. The van der Waals surface area contributed by atoms with Crippen LogP contribution in [0.4, 0.5) is 5.13 Å². The summed E-state index contributed by atoms with van der Waals surface area (Å²) in [5, 5.41) is 0.945. The van der Waals surface area contributed by atoms with Crippen LogP contribution in [-0.2, 0) is 4.74 Å². The maximum Gasteiger partial charge on any atom is 0.350 e. The molecule has 0 N–H and O–H groups in total.